The maximum atomic E-state index is 12.8. The van der Waals surface area contributed by atoms with Crippen molar-refractivity contribution in [2.45, 2.75) is 45.6 Å². The lowest BCUT2D eigenvalue weighted by molar-refractivity contribution is -0.124. The molecule has 0 saturated carbocycles. The van der Waals surface area contributed by atoms with E-state index in [4.69, 9.17) is 4.74 Å². The topological polar surface area (TPSA) is 100 Å². The molecule has 2 N–H and O–H groups in total. The molecule has 0 aliphatic carbocycles. The molecule has 8 nitrogen and oxygen atoms in total. The predicted molar refractivity (Wildman–Crippen MR) is 123 cm³/mol. The Hall–Kier alpha value is -3.52. The van der Waals surface area contributed by atoms with Gasteiger partial charge in [-0.3, -0.25) is 14.4 Å². The lowest BCUT2D eigenvalue weighted by Gasteiger charge is -2.24. The van der Waals surface area contributed by atoms with E-state index in [2.05, 4.69) is 15.7 Å². The molecule has 0 spiro atoms. The first-order valence-corrected chi connectivity index (χ1v) is 10.7. The Morgan fingerprint density at radius 3 is 2.44 bits per heavy atom. The van der Waals surface area contributed by atoms with Crippen LogP contribution < -0.4 is 15.6 Å². The maximum Gasteiger partial charge on any atom is 0.271 e. The smallest absolute Gasteiger partial charge is 0.271 e. The summed E-state index contributed by atoms with van der Waals surface area (Å²) in [4.78, 5) is 37.4. The molecule has 3 amide bonds. The highest BCUT2D eigenvalue weighted by Gasteiger charge is 2.27. The third-order valence-corrected chi connectivity index (χ3v) is 5.52. The van der Waals surface area contributed by atoms with Gasteiger partial charge in [-0.25, -0.2) is 5.01 Å². The molecule has 2 aliphatic rings. The van der Waals surface area contributed by atoms with Gasteiger partial charge in [0.05, 0.1) is 5.69 Å². The Morgan fingerprint density at radius 1 is 1.03 bits per heavy atom. The van der Waals surface area contributed by atoms with Gasteiger partial charge in [0, 0.05) is 30.8 Å². The quantitative estimate of drug-likeness (QED) is 0.752. The van der Waals surface area contributed by atoms with Gasteiger partial charge < -0.3 is 15.4 Å². The molecule has 2 aromatic rings. The molecule has 2 aliphatic heterocycles. The van der Waals surface area contributed by atoms with Gasteiger partial charge in [0.2, 0.25) is 5.91 Å². The van der Waals surface area contributed by atoms with E-state index in [1.807, 2.05) is 32.0 Å². The van der Waals surface area contributed by atoms with Crippen molar-refractivity contribution >= 4 is 40.5 Å². The second-order valence-corrected chi connectivity index (χ2v) is 8.06. The van der Waals surface area contributed by atoms with Crippen LogP contribution in [0, 0.1) is 13.8 Å². The lowest BCUT2D eigenvalue weighted by atomic mass is 10.1. The normalized spacial score (nSPS) is 18.3. The number of nitrogens with zero attached hydrogens (tertiary/aromatic N) is 2. The third-order valence-electron chi connectivity index (χ3n) is 5.52. The Bertz CT molecular complexity index is 1070. The third kappa shape index (κ3) is 4.86. The van der Waals surface area contributed by atoms with E-state index in [0.717, 1.165) is 24.0 Å². The highest BCUT2D eigenvalue weighted by Crippen LogP contribution is 2.26. The number of ether oxygens (including phenoxy) is 1. The largest absolute Gasteiger partial charge is 0.368 e. The maximum absolute atomic E-state index is 12.8. The van der Waals surface area contributed by atoms with Crippen LogP contribution in [-0.4, -0.2) is 36.1 Å². The van der Waals surface area contributed by atoms with Crippen LogP contribution in [0.15, 0.2) is 47.6 Å². The van der Waals surface area contributed by atoms with Gasteiger partial charge in [-0.2, -0.15) is 5.10 Å². The monoisotopic (exact) mass is 434 g/mol. The molecule has 2 aromatic carbocycles. The van der Waals surface area contributed by atoms with Gasteiger partial charge in [0.15, 0.2) is 0 Å². The molecule has 0 aromatic heterocycles. The molecular formula is C24H26N4O4. The summed E-state index contributed by atoms with van der Waals surface area (Å²) < 4.78 is 5.38. The Labute approximate surface area is 186 Å². The van der Waals surface area contributed by atoms with Gasteiger partial charge in [-0.05, 0) is 68.1 Å². The standard InChI is InChI=1S/C24H26N4O4/c1-15-5-6-16(2)20(14-15)28-22(29)12-11-19(27-28)23(30)25-17-7-9-18(10-8-17)26-24(31)21-4-3-13-32-21/h5-10,14,21H,3-4,11-13H2,1-2H3,(H,25,30)(H,26,31). The second kappa shape index (κ2) is 9.32. The molecule has 1 fully saturated rings. The average Bonchev–Trinajstić information content (AvgIpc) is 3.32. The van der Waals surface area contributed by atoms with Gasteiger partial charge in [0.1, 0.15) is 11.8 Å². The van der Waals surface area contributed by atoms with E-state index >= 15 is 0 Å². The first-order chi connectivity index (χ1) is 15.4. The number of nitrogens with one attached hydrogen (secondary N) is 2. The molecule has 0 bridgehead atoms. The fraction of sp³-hybridized carbons (Fsp3) is 0.333. The Morgan fingerprint density at radius 2 is 1.75 bits per heavy atom. The number of amides is 3. The van der Waals surface area contributed by atoms with E-state index in [9.17, 15) is 14.4 Å². The zero-order chi connectivity index (χ0) is 22.7. The average molecular weight is 434 g/mol. The Kier molecular flexibility index (Phi) is 6.32. The van der Waals surface area contributed by atoms with Crippen LogP contribution in [0.5, 0.6) is 0 Å². The minimum absolute atomic E-state index is 0.137. The summed E-state index contributed by atoms with van der Waals surface area (Å²) >= 11 is 0. The summed E-state index contributed by atoms with van der Waals surface area (Å²) in [6.45, 7) is 4.46. The molecular weight excluding hydrogens is 408 g/mol. The van der Waals surface area contributed by atoms with Crippen molar-refractivity contribution in [3.8, 4) is 0 Å². The van der Waals surface area contributed by atoms with Gasteiger partial charge in [0.25, 0.3) is 11.8 Å². The highest BCUT2D eigenvalue weighted by molar-refractivity contribution is 6.44. The van der Waals surface area contributed by atoms with Crippen LogP contribution in [0.1, 0.15) is 36.8 Å². The van der Waals surface area contributed by atoms with Crippen molar-refractivity contribution in [3.63, 3.8) is 0 Å². The van der Waals surface area contributed by atoms with Crippen molar-refractivity contribution < 1.29 is 19.1 Å². The summed E-state index contributed by atoms with van der Waals surface area (Å²) in [5.74, 6) is -0.655. The number of aryl methyl sites for hydroxylation is 2. The number of anilines is 3. The molecule has 32 heavy (non-hydrogen) atoms. The van der Waals surface area contributed by atoms with Crippen molar-refractivity contribution in [1.82, 2.24) is 0 Å². The molecule has 1 unspecified atom stereocenters. The number of rotatable bonds is 5. The van der Waals surface area contributed by atoms with E-state index in [0.29, 0.717) is 29.4 Å². The van der Waals surface area contributed by atoms with Crippen LogP contribution in [0.25, 0.3) is 0 Å². The SMILES string of the molecule is Cc1ccc(C)c(N2N=C(C(=O)Nc3ccc(NC(=O)C4CCCO4)cc3)CCC2=O)c1. The van der Waals surface area contributed by atoms with Crippen LogP contribution >= 0.6 is 0 Å². The highest BCUT2D eigenvalue weighted by atomic mass is 16.5. The molecule has 1 saturated heterocycles. The van der Waals surface area contributed by atoms with Gasteiger partial charge >= 0.3 is 0 Å². The number of carbonyl (C=O) groups excluding carboxylic acids is 3. The number of hydrazone groups is 1. The molecule has 2 heterocycles. The van der Waals surface area contributed by atoms with Crippen molar-refractivity contribution in [1.29, 1.82) is 0 Å². The molecule has 0 radical (unpaired) electrons. The number of carbonyl (C=O) groups is 3. The van der Waals surface area contributed by atoms with E-state index in [1.165, 1.54) is 5.01 Å². The molecule has 8 heteroatoms. The van der Waals surface area contributed by atoms with Crippen LogP contribution in [0.2, 0.25) is 0 Å². The zero-order valence-electron chi connectivity index (χ0n) is 18.2. The minimum atomic E-state index is -0.401. The van der Waals surface area contributed by atoms with E-state index in [1.54, 1.807) is 24.3 Å². The van der Waals surface area contributed by atoms with Gasteiger partial charge in [-0.15, -0.1) is 0 Å². The van der Waals surface area contributed by atoms with Crippen LogP contribution in [0.4, 0.5) is 17.1 Å². The van der Waals surface area contributed by atoms with E-state index < -0.39 is 6.10 Å². The van der Waals surface area contributed by atoms with Crippen LogP contribution in [0.3, 0.4) is 0 Å². The fourth-order valence-corrected chi connectivity index (χ4v) is 3.70. The van der Waals surface area contributed by atoms with E-state index in [-0.39, 0.29) is 30.6 Å². The second-order valence-electron chi connectivity index (χ2n) is 8.06. The Balaban J connectivity index is 1.43. The number of hydrogen-bond donors (Lipinski definition) is 2. The van der Waals surface area contributed by atoms with Crippen molar-refractivity contribution in [2.75, 3.05) is 22.2 Å². The molecule has 4 rings (SSSR count). The van der Waals surface area contributed by atoms with Crippen LogP contribution in [-0.2, 0) is 19.1 Å². The summed E-state index contributed by atoms with van der Waals surface area (Å²) in [7, 11) is 0. The number of hydrogen-bond acceptors (Lipinski definition) is 5. The summed E-state index contributed by atoms with van der Waals surface area (Å²) in [5, 5.41) is 11.3. The lowest BCUT2D eigenvalue weighted by Crippen LogP contribution is -2.36. The number of benzene rings is 2. The van der Waals surface area contributed by atoms with Gasteiger partial charge in [-0.1, -0.05) is 12.1 Å². The fourth-order valence-electron chi connectivity index (χ4n) is 3.70. The summed E-state index contributed by atoms with van der Waals surface area (Å²) in [5.41, 5.74) is 4.10. The van der Waals surface area contributed by atoms with Crippen molar-refractivity contribution in [2.24, 2.45) is 5.10 Å². The van der Waals surface area contributed by atoms with Crippen molar-refractivity contribution in [3.05, 3.63) is 53.6 Å². The minimum Gasteiger partial charge on any atom is -0.368 e. The zero-order valence-corrected chi connectivity index (χ0v) is 18.2. The molecule has 1 atom stereocenters. The first kappa shape index (κ1) is 21.7. The summed E-state index contributed by atoms with van der Waals surface area (Å²) in [6.07, 6.45) is 1.71. The molecule has 166 valence electrons. The summed E-state index contributed by atoms with van der Waals surface area (Å²) in [6, 6.07) is 12.6. The first-order valence-electron chi connectivity index (χ1n) is 10.7. The predicted octanol–water partition coefficient (Wildman–Crippen LogP) is 3.54.